The highest BCUT2D eigenvalue weighted by atomic mass is 16.1. The standard InChI is InChI=1S/C17H24O/c1-14(8-5-6-13-18)10-11-16-15(2)9-7-12-17(16,3)4/h5-6,8,10-11,13H,7,9,12H2,1-4H3/b6-5+,11-10+,14-8-. The van der Waals surface area contributed by atoms with Crippen LogP contribution >= 0.6 is 0 Å². The minimum Gasteiger partial charge on any atom is -0.299 e. The second-order valence-corrected chi connectivity index (χ2v) is 5.70. The van der Waals surface area contributed by atoms with E-state index in [0.717, 1.165) is 11.9 Å². The van der Waals surface area contributed by atoms with E-state index in [4.69, 9.17) is 0 Å². The first kappa shape index (κ1) is 14.7. The lowest BCUT2D eigenvalue weighted by Crippen LogP contribution is -2.19. The fraction of sp³-hybridized carbons (Fsp3) is 0.471. The summed E-state index contributed by atoms with van der Waals surface area (Å²) in [6.45, 7) is 8.94. The molecule has 0 aromatic heterocycles. The van der Waals surface area contributed by atoms with Gasteiger partial charge < -0.3 is 0 Å². The zero-order valence-electron chi connectivity index (χ0n) is 12.0. The molecule has 98 valence electrons. The fourth-order valence-electron chi connectivity index (χ4n) is 2.53. The molecule has 18 heavy (non-hydrogen) atoms. The van der Waals surface area contributed by atoms with E-state index in [0.29, 0.717) is 0 Å². The molecule has 1 heteroatoms. The number of hydrogen-bond acceptors (Lipinski definition) is 1. The first-order valence-electron chi connectivity index (χ1n) is 6.64. The van der Waals surface area contributed by atoms with Gasteiger partial charge in [0.15, 0.2) is 0 Å². The van der Waals surface area contributed by atoms with E-state index in [-0.39, 0.29) is 5.41 Å². The zero-order valence-corrected chi connectivity index (χ0v) is 12.0. The first-order chi connectivity index (χ1) is 8.47. The maximum absolute atomic E-state index is 10.2. The Kier molecular flexibility index (Phi) is 5.33. The Morgan fingerprint density at radius 2 is 2.00 bits per heavy atom. The molecule has 0 saturated carbocycles. The summed E-state index contributed by atoms with van der Waals surface area (Å²) in [7, 11) is 0. The maximum atomic E-state index is 10.2. The molecule has 0 aliphatic heterocycles. The van der Waals surface area contributed by atoms with Crippen molar-refractivity contribution in [2.75, 3.05) is 0 Å². The molecule has 1 rings (SSSR count). The second-order valence-electron chi connectivity index (χ2n) is 5.70. The van der Waals surface area contributed by atoms with Gasteiger partial charge in [-0.15, -0.1) is 0 Å². The summed E-state index contributed by atoms with van der Waals surface area (Å²) in [5.74, 6) is 0. The van der Waals surface area contributed by atoms with E-state index < -0.39 is 0 Å². The van der Waals surface area contributed by atoms with Crippen molar-refractivity contribution in [3.05, 3.63) is 47.1 Å². The van der Waals surface area contributed by atoms with E-state index in [2.05, 4.69) is 39.8 Å². The fourth-order valence-corrected chi connectivity index (χ4v) is 2.53. The largest absolute Gasteiger partial charge is 0.299 e. The van der Waals surface area contributed by atoms with Crippen molar-refractivity contribution in [2.24, 2.45) is 5.41 Å². The smallest absolute Gasteiger partial charge is 0.142 e. The quantitative estimate of drug-likeness (QED) is 0.395. The molecule has 0 amide bonds. The third-order valence-corrected chi connectivity index (χ3v) is 3.60. The summed E-state index contributed by atoms with van der Waals surface area (Å²) < 4.78 is 0. The molecular formula is C17H24O. The predicted octanol–water partition coefficient (Wildman–Crippen LogP) is 4.77. The van der Waals surface area contributed by atoms with E-state index in [9.17, 15) is 4.79 Å². The van der Waals surface area contributed by atoms with Crippen molar-refractivity contribution in [1.82, 2.24) is 0 Å². The van der Waals surface area contributed by atoms with Crippen LogP contribution < -0.4 is 0 Å². The van der Waals surface area contributed by atoms with Crippen LogP contribution in [-0.4, -0.2) is 6.29 Å². The molecule has 1 aliphatic carbocycles. The Hall–Kier alpha value is -1.37. The van der Waals surface area contributed by atoms with Crippen LogP contribution in [0.15, 0.2) is 47.1 Å². The molecule has 0 bridgehead atoms. The topological polar surface area (TPSA) is 17.1 Å². The van der Waals surface area contributed by atoms with Gasteiger partial charge in [0.1, 0.15) is 6.29 Å². The van der Waals surface area contributed by atoms with Crippen molar-refractivity contribution in [3.63, 3.8) is 0 Å². The van der Waals surface area contributed by atoms with Crippen molar-refractivity contribution >= 4 is 6.29 Å². The van der Waals surface area contributed by atoms with Gasteiger partial charge >= 0.3 is 0 Å². The van der Waals surface area contributed by atoms with Gasteiger partial charge in [0.2, 0.25) is 0 Å². The zero-order chi connectivity index (χ0) is 13.6. The predicted molar refractivity (Wildman–Crippen MR) is 78.4 cm³/mol. The molecule has 0 aromatic rings. The number of hydrogen-bond donors (Lipinski definition) is 0. The Morgan fingerprint density at radius 1 is 1.28 bits per heavy atom. The molecule has 0 fully saturated rings. The van der Waals surface area contributed by atoms with Gasteiger partial charge in [-0.05, 0) is 50.2 Å². The summed E-state index contributed by atoms with van der Waals surface area (Å²) in [6, 6.07) is 0. The lowest BCUT2D eigenvalue weighted by atomic mass is 9.72. The van der Waals surface area contributed by atoms with Gasteiger partial charge in [-0.1, -0.05) is 49.3 Å². The van der Waals surface area contributed by atoms with Gasteiger partial charge in [-0.2, -0.15) is 0 Å². The normalized spacial score (nSPS) is 21.0. The van der Waals surface area contributed by atoms with Crippen LogP contribution in [0.4, 0.5) is 0 Å². The Bertz CT molecular complexity index is 417. The number of carbonyl (C=O) groups is 1. The Labute approximate surface area is 111 Å². The number of aldehydes is 1. The van der Waals surface area contributed by atoms with Crippen LogP contribution in [0.25, 0.3) is 0 Å². The van der Waals surface area contributed by atoms with Crippen molar-refractivity contribution < 1.29 is 4.79 Å². The monoisotopic (exact) mass is 244 g/mol. The average Bonchev–Trinajstić information content (AvgIpc) is 2.28. The van der Waals surface area contributed by atoms with Crippen molar-refractivity contribution in [3.8, 4) is 0 Å². The summed E-state index contributed by atoms with van der Waals surface area (Å²) in [5.41, 5.74) is 4.44. The van der Waals surface area contributed by atoms with E-state index >= 15 is 0 Å². The van der Waals surface area contributed by atoms with Gasteiger partial charge in [0.05, 0.1) is 0 Å². The summed E-state index contributed by atoms with van der Waals surface area (Å²) in [4.78, 5) is 10.2. The molecule has 0 spiro atoms. The molecule has 0 heterocycles. The molecule has 0 aromatic carbocycles. The lowest BCUT2D eigenvalue weighted by molar-refractivity contribution is -0.104. The highest BCUT2D eigenvalue weighted by Crippen LogP contribution is 2.40. The molecule has 1 nitrogen and oxygen atoms in total. The number of carbonyl (C=O) groups excluding carboxylic acids is 1. The summed E-state index contributed by atoms with van der Waals surface area (Å²) in [6.07, 6.45) is 14.2. The minimum absolute atomic E-state index is 0.289. The van der Waals surface area contributed by atoms with Crippen LogP contribution in [0.2, 0.25) is 0 Å². The van der Waals surface area contributed by atoms with E-state index in [1.807, 2.05) is 6.08 Å². The second kappa shape index (κ2) is 6.53. The number of allylic oxidation sites excluding steroid dienone is 8. The molecule has 1 aliphatic rings. The van der Waals surface area contributed by atoms with Gasteiger partial charge in [0.25, 0.3) is 0 Å². The summed E-state index contributed by atoms with van der Waals surface area (Å²) >= 11 is 0. The molecule has 0 N–H and O–H groups in total. The van der Waals surface area contributed by atoms with Crippen LogP contribution in [-0.2, 0) is 4.79 Å². The minimum atomic E-state index is 0.289. The summed E-state index contributed by atoms with van der Waals surface area (Å²) in [5, 5.41) is 0. The maximum Gasteiger partial charge on any atom is 0.142 e. The van der Waals surface area contributed by atoms with E-state index in [1.54, 1.807) is 6.08 Å². The van der Waals surface area contributed by atoms with Crippen LogP contribution in [0.5, 0.6) is 0 Å². The van der Waals surface area contributed by atoms with Crippen molar-refractivity contribution in [2.45, 2.75) is 47.0 Å². The van der Waals surface area contributed by atoms with Crippen LogP contribution in [0, 0.1) is 5.41 Å². The average molecular weight is 244 g/mol. The highest BCUT2D eigenvalue weighted by Gasteiger charge is 2.26. The third-order valence-electron chi connectivity index (χ3n) is 3.60. The van der Waals surface area contributed by atoms with Gasteiger partial charge in [0, 0.05) is 0 Å². The highest BCUT2D eigenvalue weighted by molar-refractivity contribution is 5.65. The molecule has 0 radical (unpaired) electrons. The van der Waals surface area contributed by atoms with E-state index in [1.165, 1.54) is 36.5 Å². The van der Waals surface area contributed by atoms with Gasteiger partial charge in [-0.25, -0.2) is 0 Å². The first-order valence-corrected chi connectivity index (χ1v) is 6.64. The SMILES string of the molecule is CC1=C(/C=C/C(C)=C\C=C\C=O)C(C)(C)CCC1. The number of rotatable bonds is 4. The van der Waals surface area contributed by atoms with Crippen molar-refractivity contribution in [1.29, 1.82) is 0 Å². The Morgan fingerprint density at radius 3 is 2.61 bits per heavy atom. The molecular weight excluding hydrogens is 220 g/mol. The molecule has 0 atom stereocenters. The molecule has 0 unspecified atom stereocenters. The Balaban J connectivity index is 2.85. The lowest BCUT2D eigenvalue weighted by Gasteiger charge is -2.32. The third kappa shape index (κ3) is 4.14. The van der Waals surface area contributed by atoms with Crippen LogP contribution in [0.1, 0.15) is 47.0 Å². The van der Waals surface area contributed by atoms with Crippen LogP contribution in [0.3, 0.4) is 0 Å². The molecule has 0 saturated heterocycles. The van der Waals surface area contributed by atoms with Gasteiger partial charge in [-0.3, -0.25) is 4.79 Å².